The van der Waals surface area contributed by atoms with Crippen molar-refractivity contribution in [2.45, 2.75) is 45.6 Å². The Labute approximate surface area is 109 Å². The Balaban J connectivity index is 1.78. The van der Waals surface area contributed by atoms with Crippen LogP contribution in [0.4, 0.5) is 0 Å². The number of aliphatic imine (C=N–C) groups is 1. The first-order valence-corrected chi connectivity index (χ1v) is 7.73. The molecule has 1 atom stereocenters. The summed E-state index contributed by atoms with van der Waals surface area (Å²) in [4.78, 5) is 4.50. The maximum Gasteiger partial charge on any atom is 0.188 e. The molecular formula is C13H25N3S. The molecule has 1 unspecified atom stereocenters. The lowest BCUT2D eigenvalue weighted by Crippen LogP contribution is -2.45. The summed E-state index contributed by atoms with van der Waals surface area (Å²) in [7, 11) is 0. The smallest absolute Gasteiger partial charge is 0.188 e. The maximum absolute atomic E-state index is 5.89. The first-order chi connectivity index (χ1) is 7.91. The van der Waals surface area contributed by atoms with Gasteiger partial charge in [-0.3, -0.25) is 4.99 Å². The molecule has 3 nitrogen and oxygen atoms in total. The molecule has 0 aromatic carbocycles. The van der Waals surface area contributed by atoms with E-state index in [4.69, 9.17) is 5.73 Å². The summed E-state index contributed by atoms with van der Waals surface area (Å²) < 4.78 is 0. The zero-order valence-electron chi connectivity index (χ0n) is 11.3. The van der Waals surface area contributed by atoms with Crippen LogP contribution in [0.5, 0.6) is 0 Å². The molecule has 2 aliphatic rings. The molecule has 4 heteroatoms. The molecule has 1 saturated carbocycles. The molecule has 0 amide bonds. The third-order valence-electron chi connectivity index (χ3n) is 3.83. The van der Waals surface area contributed by atoms with Gasteiger partial charge in [0.2, 0.25) is 0 Å². The van der Waals surface area contributed by atoms with E-state index in [2.05, 4.69) is 42.8 Å². The van der Waals surface area contributed by atoms with Crippen LogP contribution >= 0.6 is 11.8 Å². The molecule has 3 N–H and O–H groups in total. The summed E-state index contributed by atoms with van der Waals surface area (Å²) in [6.45, 7) is 7.23. The van der Waals surface area contributed by atoms with Gasteiger partial charge in [0.25, 0.3) is 0 Å². The molecule has 1 aliphatic heterocycles. The molecule has 1 saturated heterocycles. The Morgan fingerprint density at radius 3 is 2.65 bits per heavy atom. The third kappa shape index (κ3) is 3.54. The molecule has 17 heavy (non-hydrogen) atoms. The number of thioether (sulfide) groups is 1. The molecule has 1 heterocycles. The van der Waals surface area contributed by atoms with E-state index >= 15 is 0 Å². The van der Waals surface area contributed by atoms with E-state index in [0.29, 0.717) is 11.4 Å². The SMILES string of the molecule is CC(C)(C)NC(N)=NCC1CC12CCSCC2. The first kappa shape index (κ1) is 13.1. The summed E-state index contributed by atoms with van der Waals surface area (Å²) in [5, 5.41) is 3.22. The van der Waals surface area contributed by atoms with Crippen LogP contribution in [0.15, 0.2) is 4.99 Å². The molecule has 0 bridgehead atoms. The molecule has 2 rings (SSSR count). The van der Waals surface area contributed by atoms with Crippen molar-refractivity contribution < 1.29 is 0 Å². The van der Waals surface area contributed by atoms with Gasteiger partial charge in [0.05, 0.1) is 0 Å². The molecule has 2 fully saturated rings. The highest BCUT2D eigenvalue weighted by Gasteiger charge is 2.53. The number of nitrogens with two attached hydrogens (primary N) is 1. The predicted octanol–water partition coefficient (Wildman–Crippen LogP) is 2.22. The Bertz CT molecular complexity index is 300. The number of hydrogen-bond donors (Lipinski definition) is 2. The zero-order chi connectivity index (χ0) is 12.5. The Morgan fingerprint density at radius 2 is 2.06 bits per heavy atom. The van der Waals surface area contributed by atoms with Crippen molar-refractivity contribution in [3.05, 3.63) is 0 Å². The number of hydrogen-bond acceptors (Lipinski definition) is 2. The van der Waals surface area contributed by atoms with Crippen LogP contribution < -0.4 is 11.1 Å². The number of guanidine groups is 1. The van der Waals surface area contributed by atoms with Crippen LogP contribution in [-0.4, -0.2) is 29.5 Å². The van der Waals surface area contributed by atoms with Gasteiger partial charge >= 0.3 is 0 Å². The van der Waals surface area contributed by atoms with E-state index in [0.717, 1.165) is 12.5 Å². The molecule has 1 aliphatic carbocycles. The second-order valence-corrected chi connectivity index (χ2v) is 7.70. The first-order valence-electron chi connectivity index (χ1n) is 6.57. The monoisotopic (exact) mass is 255 g/mol. The second kappa shape index (κ2) is 4.71. The van der Waals surface area contributed by atoms with Crippen molar-refractivity contribution in [3.8, 4) is 0 Å². The van der Waals surface area contributed by atoms with Gasteiger partial charge in [0.1, 0.15) is 0 Å². The number of nitrogens with zero attached hydrogens (tertiary/aromatic N) is 1. The van der Waals surface area contributed by atoms with Crippen molar-refractivity contribution in [2.24, 2.45) is 22.1 Å². The van der Waals surface area contributed by atoms with E-state index in [1.807, 2.05) is 0 Å². The minimum absolute atomic E-state index is 0.0102. The van der Waals surface area contributed by atoms with Crippen LogP contribution in [-0.2, 0) is 0 Å². The summed E-state index contributed by atoms with van der Waals surface area (Å²) >= 11 is 2.10. The minimum atomic E-state index is 0.0102. The fraction of sp³-hybridized carbons (Fsp3) is 0.923. The molecule has 0 aromatic heterocycles. The van der Waals surface area contributed by atoms with E-state index in [-0.39, 0.29) is 5.54 Å². The number of rotatable bonds is 2. The third-order valence-corrected chi connectivity index (χ3v) is 4.82. The zero-order valence-corrected chi connectivity index (χ0v) is 12.1. The quantitative estimate of drug-likeness (QED) is 0.587. The maximum atomic E-state index is 5.89. The van der Waals surface area contributed by atoms with Gasteiger partial charge in [-0.25, -0.2) is 0 Å². The number of nitrogens with one attached hydrogen (secondary N) is 1. The molecule has 1 spiro atoms. The van der Waals surface area contributed by atoms with Gasteiger partial charge in [0, 0.05) is 12.1 Å². The van der Waals surface area contributed by atoms with Gasteiger partial charge in [-0.15, -0.1) is 0 Å². The average molecular weight is 255 g/mol. The van der Waals surface area contributed by atoms with Crippen molar-refractivity contribution in [3.63, 3.8) is 0 Å². The summed E-state index contributed by atoms with van der Waals surface area (Å²) in [5.74, 6) is 4.08. The molecular weight excluding hydrogens is 230 g/mol. The summed E-state index contributed by atoms with van der Waals surface area (Å²) in [6, 6.07) is 0. The normalized spacial score (nSPS) is 28.2. The molecule has 0 radical (unpaired) electrons. The van der Waals surface area contributed by atoms with E-state index in [1.54, 1.807) is 0 Å². The van der Waals surface area contributed by atoms with Crippen LogP contribution in [0, 0.1) is 11.3 Å². The Kier molecular flexibility index (Phi) is 3.62. The van der Waals surface area contributed by atoms with Crippen molar-refractivity contribution >= 4 is 17.7 Å². The predicted molar refractivity (Wildman–Crippen MR) is 76.5 cm³/mol. The lowest BCUT2D eigenvalue weighted by molar-refractivity contribution is 0.422. The van der Waals surface area contributed by atoms with Crippen LogP contribution in [0.2, 0.25) is 0 Å². The highest BCUT2D eigenvalue weighted by molar-refractivity contribution is 7.99. The molecule has 0 aromatic rings. The fourth-order valence-electron chi connectivity index (χ4n) is 2.71. The van der Waals surface area contributed by atoms with Gasteiger partial charge < -0.3 is 11.1 Å². The minimum Gasteiger partial charge on any atom is -0.370 e. The van der Waals surface area contributed by atoms with Gasteiger partial charge in [-0.2, -0.15) is 11.8 Å². The Hall–Kier alpha value is -0.380. The van der Waals surface area contributed by atoms with Crippen molar-refractivity contribution in [1.29, 1.82) is 0 Å². The Morgan fingerprint density at radius 1 is 1.41 bits per heavy atom. The standard InChI is InChI=1S/C13H25N3S/c1-12(2,3)16-11(14)15-9-10-8-13(10)4-6-17-7-5-13/h10H,4-9H2,1-3H3,(H3,14,15,16). The van der Waals surface area contributed by atoms with E-state index in [9.17, 15) is 0 Å². The molecule has 98 valence electrons. The van der Waals surface area contributed by atoms with Crippen molar-refractivity contribution in [1.82, 2.24) is 5.32 Å². The average Bonchev–Trinajstić information content (AvgIpc) is 2.87. The van der Waals surface area contributed by atoms with E-state index < -0.39 is 0 Å². The highest BCUT2D eigenvalue weighted by Crippen LogP contribution is 2.60. The highest BCUT2D eigenvalue weighted by atomic mass is 32.2. The van der Waals surface area contributed by atoms with Crippen LogP contribution in [0.25, 0.3) is 0 Å². The fourth-order valence-corrected chi connectivity index (χ4v) is 4.02. The topological polar surface area (TPSA) is 50.4 Å². The second-order valence-electron chi connectivity index (χ2n) is 6.48. The largest absolute Gasteiger partial charge is 0.370 e. The van der Waals surface area contributed by atoms with E-state index in [1.165, 1.54) is 30.8 Å². The van der Waals surface area contributed by atoms with Gasteiger partial charge in [0.15, 0.2) is 5.96 Å². The van der Waals surface area contributed by atoms with Gasteiger partial charge in [-0.05, 0) is 62.9 Å². The van der Waals surface area contributed by atoms with Crippen LogP contribution in [0.3, 0.4) is 0 Å². The van der Waals surface area contributed by atoms with Crippen molar-refractivity contribution in [2.75, 3.05) is 18.1 Å². The summed E-state index contributed by atoms with van der Waals surface area (Å²) in [5.41, 5.74) is 6.55. The lowest BCUT2D eigenvalue weighted by atomic mass is 9.96. The lowest BCUT2D eigenvalue weighted by Gasteiger charge is -2.22. The van der Waals surface area contributed by atoms with Gasteiger partial charge in [-0.1, -0.05) is 0 Å². The summed E-state index contributed by atoms with van der Waals surface area (Å²) in [6.07, 6.45) is 4.16. The van der Waals surface area contributed by atoms with Crippen LogP contribution in [0.1, 0.15) is 40.0 Å².